The van der Waals surface area contributed by atoms with Gasteiger partial charge in [0.15, 0.2) is 0 Å². The second-order valence-electron chi connectivity index (χ2n) is 5.20. The van der Waals surface area contributed by atoms with Crippen LogP contribution in [0.5, 0.6) is 5.75 Å². The molecule has 0 atom stereocenters. The molecule has 1 amide bonds. The van der Waals surface area contributed by atoms with Crippen LogP contribution >= 0.6 is 11.3 Å². The lowest BCUT2D eigenvalue weighted by molar-refractivity contribution is 0.102. The third-order valence-electron chi connectivity index (χ3n) is 3.41. The Morgan fingerprint density at radius 2 is 2.12 bits per heavy atom. The molecule has 0 unspecified atom stereocenters. The second-order valence-corrected chi connectivity index (χ2v) is 6.38. The van der Waals surface area contributed by atoms with Crippen LogP contribution in [-0.4, -0.2) is 21.3 Å². The summed E-state index contributed by atoms with van der Waals surface area (Å²) in [7, 11) is 0. The molecule has 0 saturated carbocycles. The number of amides is 1. The molecule has 124 valence electrons. The van der Waals surface area contributed by atoms with Crippen molar-refractivity contribution >= 4 is 22.4 Å². The van der Waals surface area contributed by atoms with Crippen LogP contribution in [0.15, 0.2) is 28.8 Å². The van der Waals surface area contributed by atoms with Crippen molar-refractivity contribution in [2.45, 2.75) is 27.4 Å². The van der Waals surface area contributed by atoms with E-state index in [1.807, 2.05) is 20.8 Å². The fraction of sp³-hybridized carbons (Fsp3) is 0.250. The first kappa shape index (κ1) is 16.1. The number of carbonyl (C=O) groups is 1. The van der Waals surface area contributed by atoms with E-state index < -0.39 is 0 Å². The quantitative estimate of drug-likeness (QED) is 0.764. The topological polar surface area (TPSA) is 90.1 Å². The highest BCUT2D eigenvalue weighted by Crippen LogP contribution is 2.20. The summed E-state index contributed by atoms with van der Waals surface area (Å²) in [5.74, 6) is 1.07. The first-order valence-electron chi connectivity index (χ1n) is 7.29. The van der Waals surface area contributed by atoms with Gasteiger partial charge in [-0.1, -0.05) is 22.6 Å². The number of ether oxygens (including phenoxy) is 1. The van der Waals surface area contributed by atoms with E-state index in [0.717, 1.165) is 22.0 Å². The Balaban J connectivity index is 1.68. The number of rotatable bonds is 5. The van der Waals surface area contributed by atoms with Crippen molar-refractivity contribution in [3.8, 4) is 5.75 Å². The van der Waals surface area contributed by atoms with Crippen LogP contribution in [0.2, 0.25) is 0 Å². The number of nitrogens with one attached hydrogen (secondary N) is 1. The molecular weight excluding hydrogens is 328 g/mol. The molecular formula is C16H16N4O3S. The average molecular weight is 344 g/mol. The third kappa shape index (κ3) is 3.60. The summed E-state index contributed by atoms with van der Waals surface area (Å²) in [5.41, 5.74) is 2.20. The van der Waals surface area contributed by atoms with Crippen molar-refractivity contribution in [1.82, 2.24) is 15.4 Å². The number of benzene rings is 1. The molecule has 8 heteroatoms. The molecule has 24 heavy (non-hydrogen) atoms. The zero-order valence-corrected chi connectivity index (χ0v) is 14.3. The summed E-state index contributed by atoms with van der Waals surface area (Å²) < 4.78 is 10.9. The molecule has 7 nitrogen and oxygen atoms in total. The fourth-order valence-electron chi connectivity index (χ4n) is 2.11. The van der Waals surface area contributed by atoms with Crippen LogP contribution in [0, 0.1) is 20.8 Å². The van der Waals surface area contributed by atoms with E-state index in [1.54, 1.807) is 24.3 Å². The van der Waals surface area contributed by atoms with Gasteiger partial charge >= 0.3 is 0 Å². The number of aryl methyl sites for hydroxylation is 3. The van der Waals surface area contributed by atoms with Gasteiger partial charge in [0.1, 0.15) is 23.1 Å². The van der Waals surface area contributed by atoms with Crippen molar-refractivity contribution in [3.63, 3.8) is 0 Å². The van der Waals surface area contributed by atoms with Gasteiger partial charge in [-0.15, -0.1) is 10.2 Å². The number of hydrogen-bond acceptors (Lipinski definition) is 7. The van der Waals surface area contributed by atoms with Gasteiger partial charge in [0.2, 0.25) is 5.13 Å². The summed E-state index contributed by atoms with van der Waals surface area (Å²) in [6.07, 6.45) is 0. The van der Waals surface area contributed by atoms with E-state index in [4.69, 9.17) is 9.26 Å². The molecule has 2 aromatic heterocycles. The molecule has 0 aliphatic rings. The zero-order valence-electron chi connectivity index (χ0n) is 13.5. The average Bonchev–Trinajstić information content (AvgIpc) is 3.11. The molecule has 0 radical (unpaired) electrons. The lowest BCUT2D eigenvalue weighted by Crippen LogP contribution is -2.11. The summed E-state index contributed by atoms with van der Waals surface area (Å²) in [5, 5.41) is 15.6. The van der Waals surface area contributed by atoms with Gasteiger partial charge in [0.25, 0.3) is 5.91 Å². The molecule has 0 spiro atoms. The van der Waals surface area contributed by atoms with E-state index in [0.29, 0.717) is 23.1 Å². The van der Waals surface area contributed by atoms with Crippen LogP contribution in [-0.2, 0) is 6.61 Å². The van der Waals surface area contributed by atoms with Crippen molar-refractivity contribution in [3.05, 3.63) is 51.9 Å². The van der Waals surface area contributed by atoms with Crippen LogP contribution in [0.3, 0.4) is 0 Å². The molecule has 1 N–H and O–H groups in total. The SMILES string of the molecule is Cc1nnc(NC(=O)c2cccc(OCc3c(C)noc3C)c2)s1. The molecule has 3 aromatic rings. The second kappa shape index (κ2) is 6.79. The van der Waals surface area contributed by atoms with Gasteiger partial charge in [0.05, 0.1) is 11.3 Å². The van der Waals surface area contributed by atoms with Crippen LogP contribution < -0.4 is 10.1 Å². The van der Waals surface area contributed by atoms with E-state index in [9.17, 15) is 4.79 Å². The first-order chi connectivity index (χ1) is 11.5. The normalized spacial score (nSPS) is 10.6. The standard InChI is InChI=1S/C16H16N4O3S/c1-9-14(10(2)23-20-9)8-22-13-6-4-5-12(7-13)15(21)17-16-19-18-11(3)24-16/h4-7H,8H2,1-3H3,(H,17,19,21). The van der Waals surface area contributed by atoms with Gasteiger partial charge < -0.3 is 9.26 Å². The molecule has 0 bridgehead atoms. The zero-order chi connectivity index (χ0) is 17.1. The summed E-state index contributed by atoms with van der Waals surface area (Å²) in [4.78, 5) is 12.3. The lowest BCUT2D eigenvalue weighted by atomic mass is 10.2. The molecule has 0 aliphatic heterocycles. The highest BCUT2D eigenvalue weighted by Gasteiger charge is 2.12. The number of carbonyl (C=O) groups excluding carboxylic acids is 1. The monoisotopic (exact) mass is 344 g/mol. The Kier molecular flexibility index (Phi) is 4.57. The number of aromatic nitrogens is 3. The maximum Gasteiger partial charge on any atom is 0.257 e. The van der Waals surface area contributed by atoms with E-state index in [-0.39, 0.29) is 5.91 Å². The van der Waals surface area contributed by atoms with Gasteiger partial charge in [-0.25, -0.2) is 0 Å². The molecule has 0 fully saturated rings. The van der Waals surface area contributed by atoms with Crippen molar-refractivity contribution in [1.29, 1.82) is 0 Å². The van der Waals surface area contributed by atoms with Crippen molar-refractivity contribution in [2.75, 3.05) is 5.32 Å². The number of hydrogen-bond donors (Lipinski definition) is 1. The predicted molar refractivity (Wildman–Crippen MR) is 89.4 cm³/mol. The minimum atomic E-state index is -0.256. The fourth-order valence-corrected chi connectivity index (χ4v) is 2.69. The van der Waals surface area contributed by atoms with E-state index in [2.05, 4.69) is 20.7 Å². The lowest BCUT2D eigenvalue weighted by Gasteiger charge is -2.07. The Labute approximate surface area is 142 Å². The minimum Gasteiger partial charge on any atom is -0.489 e. The first-order valence-corrected chi connectivity index (χ1v) is 8.10. The number of nitrogens with zero attached hydrogens (tertiary/aromatic N) is 3. The Morgan fingerprint density at radius 3 is 2.79 bits per heavy atom. The Morgan fingerprint density at radius 1 is 1.29 bits per heavy atom. The third-order valence-corrected chi connectivity index (χ3v) is 4.16. The van der Waals surface area contributed by atoms with Crippen molar-refractivity contribution in [2.24, 2.45) is 0 Å². The summed E-state index contributed by atoms with van der Waals surface area (Å²) in [6, 6.07) is 6.96. The summed E-state index contributed by atoms with van der Waals surface area (Å²) in [6.45, 7) is 5.87. The van der Waals surface area contributed by atoms with Crippen LogP contribution in [0.4, 0.5) is 5.13 Å². The molecule has 2 heterocycles. The highest BCUT2D eigenvalue weighted by atomic mass is 32.1. The van der Waals surface area contributed by atoms with Crippen LogP contribution in [0.25, 0.3) is 0 Å². The Bertz CT molecular complexity index is 852. The summed E-state index contributed by atoms with van der Waals surface area (Å²) >= 11 is 1.32. The van der Waals surface area contributed by atoms with Crippen LogP contribution in [0.1, 0.15) is 32.4 Å². The largest absolute Gasteiger partial charge is 0.489 e. The van der Waals surface area contributed by atoms with Gasteiger partial charge in [-0.2, -0.15) is 0 Å². The molecule has 0 saturated heterocycles. The molecule has 1 aromatic carbocycles. The smallest absolute Gasteiger partial charge is 0.257 e. The molecule has 0 aliphatic carbocycles. The predicted octanol–water partition coefficient (Wildman–Crippen LogP) is 3.28. The van der Waals surface area contributed by atoms with E-state index >= 15 is 0 Å². The number of anilines is 1. The van der Waals surface area contributed by atoms with Gasteiger partial charge in [0, 0.05) is 5.56 Å². The van der Waals surface area contributed by atoms with Gasteiger partial charge in [-0.05, 0) is 39.0 Å². The molecule has 3 rings (SSSR count). The highest BCUT2D eigenvalue weighted by molar-refractivity contribution is 7.15. The van der Waals surface area contributed by atoms with Gasteiger partial charge in [-0.3, -0.25) is 10.1 Å². The minimum absolute atomic E-state index is 0.256. The Hall–Kier alpha value is -2.74. The maximum absolute atomic E-state index is 12.3. The maximum atomic E-state index is 12.3. The van der Waals surface area contributed by atoms with Crippen molar-refractivity contribution < 1.29 is 14.1 Å². The van der Waals surface area contributed by atoms with E-state index in [1.165, 1.54) is 11.3 Å².